The van der Waals surface area contributed by atoms with E-state index in [1.54, 1.807) is 13.2 Å². The fourth-order valence-corrected chi connectivity index (χ4v) is 3.36. The topological polar surface area (TPSA) is 47.3 Å². The molecule has 2 unspecified atom stereocenters. The van der Waals surface area contributed by atoms with Gasteiger partial charge in [0.25, 0.3) is 0 Å². The molecule has 0 amide bonds. The van der Waals surface area contributed by atoms with Crippen LogP contribution in [0.25, 0.3) is 0 Å². The van der Waals surface area contributed by atoms with E-state index in [2.05, 4.69) is 5.43 Å². The van der Waals surface area contributed by atoms with E-state index in [1.165, 1.54) is 25.3 Å². The molecule has 1 aromatic rings. The molecule has 1 aliphatic rings. The van der Waals surface area contributed by atoms with Gasteiger partial charge in [-0.15, -0.1) is 0 Å². The van der Waals surface area contributed by atoms with Gasteiger partial charge in [-0.1, -0.05) is 31.4 Å². The maximum Gasteiger partial charge on any atom is 0.162 e. The van der Waals surface area contributed by atoms with Gasteiger partial charge in [0, 0.05) is 7.11 Å². The molecular weight excluding hydrogens is 274 g/mol. The van der Waals surface area contributed by atoms with Crippen molar-refractivity contribution in [2.75, 3.05) is 7.11 Å². The SMILES string of the molecule is COC(C1CCCCC1)C(Cc1cccc(F)c1F)NN. The van der Waals surface area contributed by atoms with Crippen molar-refractivity contribution in [3.63, 3.8) is 0 Å². The quantitative estimate of drug-likeness (QED) is 0.627. The largest absolute Gasteiger partial charge is 0.379 e. The molecular formula is C16H24F2N2O. The molecule has 3 nitrogen and oxygen atoms in total. The predicted molar refractivity (Wildman–Crippen MR) is 78.5 cm³/mol. The van der Waals surface area contributed by atoms with Crippen molar-refractivity contribution in [2.24, 2.45) is 11.8 Å². The lowest BCUT2D eigenvalue weighted by molar-refractivity contribution is 0.00806. The Morgan fingerprint density at radius 2 is 2.00 bits per heavy atom. The number of hydrogen-bond donors (Lipinski definition) is 2. The van der Waals surface area contributed by atoms with Gasteiger partial charge in [-0.2, -0.15) is 0 Å². The zero-order valence-corrected chi connectivity index (χ0v) is 12.4. The van der Waals surface area contributed by atoms with Crippen molar-refractivity contribution in [1.29, 1.82) is 0 Å². The average molecular weight is 298 g/mol. The second-order valence-electron chi connectivity index (χ2n) is 5.79. The van der Waals surface area contributed by atoms with Gasteiger partial charge in [0.1, 0.15) is 0 Å². The first kappa shape index (κ1) is 16.3. The summed E-state index contributed by atoms with van der Waals surface area (Å²) >= 11 is 0. The van der Waals surface area contributed by atoms with Crippen molar-refractivity contribution in [3.05, 3.63) is 35.4 Å². The summed E-state index contributed by atoms with van der Waals surface area (Å²) in [5.41, 5.74) is 3.06. The van der Waals surface area contributed by atoms with Gasteiger partial charge < -0.3 is 4.74 Å². The van der Waals surface area contributed by atoms with E-state index in [9.17, 15) is 8.78 Å². The van der Waals surface area contributed by atoms with Gasteiger partial charge in [-0.3, -0.25) is 11.3 Å². The Balaban J connectivity index is 2.11. The highest BCUT2D eigenvalue weighted by Gasteiger charge is 2.30. The lowest BCUT2D eigenvalue weighted by Gasteiger charge is -2.34. The van der Waals surface area contributed by atoms with Crippen LogP contribution in [-0.2, 0) is 11.2 Å². The molecule has 0 aromatic heterocycles. The van der Waals surface area contributed by atoms with Crippen molar-refractivity contribution in [1.82, 2.24) is 5.43 Å². The van der Waals surface area contributed by atoms with Gasteiger partial charge >= 0.3 is 0 Å². The third-order valence-corrected chi connectivity index (χ3v) is 4.47. The van der Waals surface area contributed by atoms with Crippen molar-refractivity contribution < 1.29 is 13.5 Å². The number of hydrazine groups is 1. The van der Waals surface area contributed by atoms with Crippen LogP contribution in [0.15, 0.2) is 18.2 Å². The van der Waals surface area contributed by atoms with Crippen LogP contribution < -0.4 is 11.3 Å². The number of halogens is 2. The Labute approximate surface area is 124 Å². The van der Waals surface area contributed by atoms with Crippen LogP contribution in [0.2, 0.25) is 0 Å². The van der Waals surface area contributed by atoms with E-state index < -0.39 is 11.6 Å². The summed E-state index contributed by atoms with van der Waals surface area (Å²) in [7, 11) is 1.66. The summed E-state index contributed by atoms with van der Waals surface area (Å²) in [4.78, 5) is 0. The lowest BCUT2D eigenvalue weighted by Crippen LogP contribution is -2.50. The molecule has 2 atom stereocenters. The summed E-state index contributed by atoms with van der Waals surface area (Å²) in [6.07, 6.45) is 6.07. The molecule has 1 aliphatic carbocycles. The fourth-order valence-electron chi connectivity index (χ4n) is 3.36. The van der Waals surface area contributed by atoms with E-state index in [-0.39, 0.29) is 12.1 Å². The minimum absolute atomic E-state index is 0.0852. The van der Waals surface area contributed by atoms with Gasteiger partial charge in [0.05, 0.1) is 12.1 Å². The predicted octanol–water partition coefficient (Wildman–Crippen LogP) is 2.93. The highest BCUT2D eigenvalue weighted by molar-refractivity contribution is 5.20. The zero-order valence-electron chi connectivity index (χ0n) is 12.4. The summed E-state index contributed by atoms with van der Waals surface area (Å²) in [5.74, 6) is 4.44. The molecule has 1 saturated carbocycles. The molecule has 0 radical (unpaired) electrons. The molecule has 0 heterocycles. The highest BCUT2D eigenvalue weighted by atomic mass is 19.2. The van der Waals surface area contributed by atoms with E-state index in [0.717, 1.165) is 18.9 Å². The molecule has 0 saturated heterocycles. The van der Waals surface area contributed by atoms with E-state index in [0.29, 0.717) is 17.9 Å². The van der Waals surface area contributed by atoms with Crippen LogP contribution in [0, 0.1) is 17.6 Å². The molecule has 0 aliphatic heterocycles. The Kier molecular flexibility index (Phi) is 6.08. The Hall–Kier alpha value is -1.04. The standard InChI is InChI=1S/C16H24F2N2O/c1-21-16(11-6-3-2-4-7-11)14(20-19)10-12-8-5-9-13(17)15(12)18/h5,8-9,11,14,16,20H,2-4,6-7,10,19H2,1H3. The molecule has 3 N–H and O–H groups in total. The molecule has 2 rings (SSSR count). The molecule has 21 heavy (non-hydrogen) atoms. The van der Waals surface area contributed by atoms with Gasteiger partial charge in [-0.25, -0.2) is 8.78 Å². The summed E-state index contributed by atoms with van der Waals surface area (Å²) in [6, 6.07) is 4.01. The molecule has 5 heteroatoms. The first-order valence-electron chi connectivity index (χ1n) is 7.59. The normalized spacial score (nSPS) is 19.4. The van der Waals surface area contributed by atoms with E-state index in [1.807, 2.05) is 0 Å². The van der Waals surface area contributed by atoms with Gasteiger partial charge in [0.15, 0.2) is 11.6 Å². The number of benzene rings is 1. The highest BCUT2D eigenvalue weighted by Crippen LogP contribution is 2.30. The number of rotatable bonds is 6. The zero-order chi connectivity index (χ0) is 15.2. The number of ether oxygens (including phenoxy) is 1. The minimum atomic E-state index is -0.824. The third-order valence-electron chi connectivity index (χ3n) is 4.47. The first-order valence-corrected chi connectivity index (χ1v) is 7.59. The second-order valence-corrected chi connectivity index (χ2v) is 5.79. The Bertz CT molecular complexity index is 450. The minimum Gasteiger partial charge on any atom is -0.379 e. The van der Waals surface area contributed by atoms with Crippen molar-refractivity contribution >= 4 is 0 Å². The second kappa shape index (κ2) is 7.82. The van der Waals surface area contributed by atoms with Crippen LogP contribution in [-0.4, -0.2) is 19.3 Å². The first-order chi connectivity index (χ1) is 10.2. The lowest BCUT2D eigenvalue weighted by atomic mass is 9.81. The fraction of sp³-hybridized carbons (Fsp3) is 0.625. The van der Waals surface area contributed by atoms with Gasteiger partial charge in [0.2, 0.25) is 0 Å². The van der Waals surface area contributed by atoms with E-state index in [4.69, 9.17) is 10.6 Å². The number of hydrogen-bond acceptors (Lipinski definition) is 3. The van der Waals surface area contributed by atoms with Crippen molar-refractivity contribution in [3.8, 4) is 0 Å². The number of methoxy groups -OCH3 is 1. The van der Waals surface area contributed by atoms with Crippen molar-refractivity contribution in [2.45, 2.75) is 50.7 Å². The van der Waals surface area contributed by atoms with E-state index >= 15 is 0 Å². The van der Waals surface area contributed by atoms with Crippen LogP contribution in [0.5, 0.6) is 0 Å². The molecule has 118 valence electrons. The van der Waals surface area contributed by atoms with Crippen LogP contribution in [0.3, 0.4) is 0 Å². The third kappa shape index (κ3) is 3.99. The maximum absolute atomic E-state index is 13.8. The molecule has 0 spiro atoms. The molecule has 1 aromatic carbocycles. The van der Waals surface area contributed by atoms with Crippen LogP contribution >= 0.6 is 0 Å². The maximum atomic E-state index is 13.8. The Morgan fingerprint density at radius 3 is 2.62 bits per heavy atom. The summed E-state index contributed by atoms with van der Waals surface area (Å²) < 4.78 is 32.8. The smallest absolute Gasteiger partial charge is 0.162 e. The monoisotopic (exact) mass is 298 g/mol. The summed E-state index contributed by atoms with van der Waals surface area (Å²) in [5, 5.41) is 0. The average Bonchev–Trinajstić information content (AvgIpc) is 2.52. The summed E-state index contributed by atoms with van der Waals surface area (Å²) in [6.45, 7) is 0. The molecule has 0 bridgehead atoms. The Morgan fingerprint density at radius 1 is 1.29 bits per heavy atom. The van der Waals surface area contributed by atoms with Crippen LogP contribution in [0.1, 0.15) is 37.7 Å². The van der Waals surface area contributed by atoms with Gasteiger partial charge in [-0.05, 0) is 36.8 Å². The number of nitrogens with one attached hydrogen (secondary N) is 1. The molecule has 1 fully saturated rings. The van der Waals surface area contributed by atoms with Crippen LogP contribution in [0.4, 0.5) is 8.78 Å². The number of nitrogens with two attached hydrogens (primary N) is 1.